The van der Waals surface area contributed by atoms with Gasteiger partial charge in [-0.2, -0.15) is 0 Å². The van der Waals surface area contributed by atoms with Crippen molar-refractivity contribution in [2.24, 2.45) is 0 Å². The molecule has 43 heavy (non-hydrogen) atoms. The minimum absolute atomic E-state index is 0.0433. The lowest BCUT2D eigenvalue weighted by molar-refractivity contribution is -0.278. The van der Waals surface area contributed by atoms with Crippen LogP contribution in [-0.2, 0) is 20.0 Å². The molecule has 0 aromatic heterocycles. The molecule has 7 nitrogen and oxygen atoms in total. The van der Waals surface area contributed by atoms with Crippen molar-refractivity contribution in [1.29, 1.82) is 0 Å². The first-order valence-electron chi connectivity index (χ1n) is 15.6. The smallest absolute Gasteiger partial charge is 0.253 e. The number of carbonyl (C=O) groups is 2. The Balaban J connectivity index is 1.26. The molecule has 0 saturated carbocycles. The highest BCUT2D eigenvalue weighted by atomic mass is 17.2. The standard InChI is InChI=1S/C36H45N3O4/c1-37(34(40)30-15-8-4-9-16-30)27-31(29-13-6-3-7-14-29)20-24-38-25-21-36(22-26-38,32-17-10-5-11-18-32)35(41)39-23-12-19-33(39)28-43-42-2/h3-11,13-18,31,33H,12,19-28H2,1-2H3. The Kier molecular flexibility index (Phi) is 10.6. The Morgan fingerprint density at radius 2 is 1.53 bits per heavy atom. The van der Waals surface area contributed by atoms with Crippen LogP contribution in [0.5, 0.6) is 0 Å². The molecule has 2 amide bonds. The van der Waals surface area contributed by atoms with Crippen LogP contribution in [0.2, 0.25) is 0 Å². The lowest BCUT2D eigenvalue weighted by atomic mass is 9.71. The normalized spacial score (nSPS) is 19.2. The van der Waals surface area contributed by atoms with Gasteiger partial charge in [0, 0.05) is 31.6 Å². The quantitative estimate of drug-likeness (QED) is 0.207. The van der Waals surface area contributed by atoms with Gasteiger partial charge >= 0.3 is 0 Å². The van der Waals surface area contributed by atoms with Gasteiger partial charge in [-0.25, -0.2) is 9.78 Å². The second-order valence-corrected chi connectivity index (χ2v) is 12.0. The van der Waals surface area contributed by atoms with E-state index in [1.165, 1.54) is 12.7 Å². The highest BCUT2D eigenvalue weighted by Gasteiger charge is 2.47. The van der Waals surface area contributed by atoms with Crippen LogP contribution in [0.3, 0.4) is 0 Å². The van der Waals surface area contributed by atoms with Crippen molar-refractivity contribution in [3.63, 3.8) is 0 Å². The van der Waals surface area contributed by atoms with Gasteiger partial charge in [-0.3, -0.25) is 9.59 Å². The first-order valence-corrected chi connectivity index (χ1v) is 15.6. The van der Waals surface area contributed by atoms with Crippen molar-refractivity contribution < 1.29 is 19.4 Å². The second kappa shape index (κ2) is 14.8. The average Bonchev–Trinajstić information content (AvgIpc) is 3.55. The third kappa shape index (κ3) is 7.35. The van der Waals surface area contributed by atoms with Crippen molar-refractivity contribution in [3.8, 4) is 0 Å². The Morgan fingerprint density at radius 1 is 0.907 bits per heavy atom. The van der Waals surface area contributed by atoms with E-state index in [1.807, 2.05) is 71.4 Å². The minimum atomic E-state index is -0.533. The van der Waals surface area contributed by atoms with Gasteiger partial charge in [0.2, 0.25) is 5.91 Å². The minimum Gasteiger partial charge on any atom is -0.341 e. The number of likely N-dealkylation sites (N-methyl/N-ethyl adjacent to an activating group) is 1. The summed E-state index contributed by atoms with van der Waals surface area (Å²) in [6.07, 6.45) is 4.43. The third-order valence-electron chi connectivity index (χ3n) is 9.39. The molecule has 7 heteroatoms. The summed E-state index contributed by atoms with van der Waals surface area (Å²) in [5.74, 6) is 0.484. The molecule has 0 radical (unpaired) electrons. The van der Waals surface area contributed by atoms with E-state index in [4.69, 9.17) is 9.78 Å². The van der Waals surface area contributed by atoms with Gasteiger partial charge in [0.1, 0.15) is 6.61 Å². The first-order chi connectivity index (χ1) is 21.0. The predicted octanol–water partition coefficient (Wildman–Crippen LogP) is 5.54. The van der Waals surface area contributed by atoms with E-state index in [0.717, 1.165) is 63.8 Å². The summed E-state index contributed by atoms with van der Waals surface area (Å²) < 4.78 is 0. The Hall–Kier alpha value is -3.52. The number of amides is 2. The molecule has 2 unspecified atom stereocenters. The molecule has 2 fully saturated rings. The van der Waals surface area contributed by atoms with Crippen molar-refractivity contribution >= 4 is 11.8 Å². The van der Waals surface area contributed by atoms with Gasteiger partial charge in [0.25, 0.3) is 5.91 Å². The Labute approximate surface area is 256 Å². The Morgan fingerprint density at radius 3 is 2.19 bits per heavy atom. The number of rotatable bonds is 12. The average molecular weight is 584 g/mol. The SMILES string of the molecule is COOCC1CCCN1C(=O)C1(c2ccccc2)CCN(CCC(CN(C)C(=O)c2ccccc2)c2ccccc2)CC1. The van der Waals surface area contributed by atoms with E-state index >= 15 is 0 Å². The van der Waals surface area contributed by atoms with E-state index in [2.05, 4.69) is 41.3 Å². The summed E-state index contributed by atoms with van der Waals surface area (Å²) in [4.78, 5) is 44.0. The molecule has 0 spiro atoms. The van der Waals surface area contributed by atoms with Gasteiger partial charge in [-0.05, 0) is 75.0 Å². The zero-order valence-corrected chi connectivity index (χ0v) is 25.6. The molecule has 2 saturated heterocycles. The number of carbonyl (C=O) groups excluding carboxylic acids is 2. The van der Waals surface area contributed by atoms with Gasteiger partial charge in [0.05, 0.1) is 18.6 Å². The van der Waals surface area contributed by atoms with Crippen LogP contribution in [0.25, 0.3) is 0 Å². The maximum absolute atomic E-state index is 14.3. The lowest BCUT2D eigenvalue weighted by Crippen LogP contribution is -2.54. The molecule has 228 valence electrons. The largest absolute Gasteiger partial charge is 0.341 e. The van der Waals surface area contributed by atoms with Crippen molar-refractivity contribution in [2.45, 2.75) is 49.5 Å². The zero-order valence-electron chi connectivity index (χ0n) is 25.6. The maximum atomic E-state index is 14.3. The fourth-order valence-electron chi connectivity index (χ4n) is 6.88. The van der Waals surface area contributed by atoms with Crippen LogP contribution >= 0.6 is 0 Å². The number of hydrogen-bond donors (Lipinski definition) is 0. The van der Waals surface area contributed by atoms with Crippen LogP contribution in [0, 0.1) is 0 Å². The second-order valence-electron chi connectivity index (χ2n) is 12.0. The number of piperidine rings is 1. The van der Waals surface area contributed by atoms with Crippen LogP contribution < -0.4 is 0 Å². The molecule has 2 aliphatic heterocycles. The molecule has 2 heterocycles. The molecule has 3 aromatic rings. The molecule has 5 rings (SSSR count). The van der Waals surface area contributed by atoms with Crippen LogP contribution in [0.1, 0.15) is 59.5 Å². The summed E-state index contributed by atoms with van der Waals surface area (Å²) in [6, 6.07) is 30.4. The van der Waals surface area contributed by atoms with E-state index in [9.17, 15) is 9.59 Å². The van der Waals surface area contributed by atoms with Crippen molar-refractivity contribution in [2.75, 3.05) is 53.5 Å². The van der Waals surface area contributed by atoms with Crippen molar-refractivity contribution in [1.82, 2.24) is 14.7 Å². The molecular formula is C36H45N3O4. The van der Waals surface area contributed by atoms with Gasteiger partial charge in [-0.15, -0.1) is 0 Å². The predicted molar refractivity (Wildman–Crippen MR) is 169 cm³/mol. The summed E-state index contributed by atoms with van der Waals surface area (Å²) in [6.45, 7) is 4.45. The van der Waals surface area contributed by atoms with Gasteiger partial charge in [-0.1, -0.05) is 78.9 Å². The number of hydrogen-bond acceptors (Lipinski definition) is 5. The molecule has 2 aliphatic rings. The molecular weight excluding hydrogens is 538 g/mol. The highest BCUT2D eigenvalue weighted by Crippen LogP contribution is 2.39. The van der Waals surface area contributed by atoms with Crippen LogP contribution in [-0.4, -0.2) is 86.0 Å². The molecule has 0 aliphatic carbocycles. The van der Waals surface area contributed by atoms with E-state index in [1.54, 1.807) is 0 Å². The van der Waals surface area contributed by atoms with Crippen molar-refractivity contribution in [3.05, 3.63) is 108 Å². The highest BCUT2D eigenvalue weighted by molar-refractivity contribution is 5.94. The van der Waals surface area contributed by atoms with Crippen LogP contribution in [0.4, 0.5) is 0 Å². The molecule has 3 aromatic carbocycles. The van der Waals surface area contributed by atoms with Crippen LogP contribution in [0.15, 0.2) is 91.0 Å². The van der Waals surface area contributed by atoms with E-state index in [0.29, 0.717) is 18.7 Å². The monoisotopic (exact) mass is 583 g/mol. The summed E-state index contributed by atoms with van der Waals surface area (Å²) in [5, 5.41) is 0. The van der Waals surface area contributed by atoms with E-state index in [-0.39, 0.29) is 23.8 Å². The summed E-state index contributed by atoms with van der Waals surface area (Å²) >= 11 is 0. The topological polar surface area (TPSA) is 62.3 Å². The molecule has 2 atom stereocenters. The lowest BCUT2D eigenvalue weighted by Gasteiger charge is -2.44. The fraction of sp³-hybridized carbons (Fsp3) is 0.444. The van der Waals surface area contributed by atoms with E-state index < -0.39 is 5.41 Å². The van der Waals surface area contributed by atoms with Gasteiger partial charge < -0.3 is 14.7 Å². The third-order valence-corrected chi connectivity index (χ3v) is 9.39. The summed E-state index contributed by atoms with van der Waals surface area (Å²) in [7, 11) is 3.42. The Bertz CT molecular complexity index is 1300. The zero-order chi connectivity index (χ0) is 30.1. The number of benzene rings is 3. The molecule has 0 bridgehead atoms. The number of likely N-dealkylation sites (tertiary alicyclic amines) is 2. The van der Waals surface area contributed by atoms with Gasteiger partial charge in [0.15, 0.2) is 0 Å². The summed E-state index contributed by atoms with van der Waals surface area (Å²) in [5.41, 5.74) is 2.54. The number of nitrogens with zero attached hydrogens (tertiary/aromatic N) is 3. The maximum Gasteiger partial charge on any atom is 0.253 e. The molecule has 0 N–H and O–H groups in total. The first kappa shape index (κ1) is 30.9. The fourth-order valence-corrected chi connectivity index (χ4v) is 6.88.